The van der Waals surface area contributed by atoms with Crippen LogP contribution in [0.25, 0.3) is 0 Å². The van der Waals surface area contributed by atoms with Crippen LogP contribution in [0.15, 0.2) is 21.2 Å². The van der Waals surface area contributed by atoms with Crippen LogP contribution < -0.4 is 5.32 Å². The van der Waals surface area contributed by atoms with Crippen molar-refractivity contribution >= 4 is 15.9 Å². The van der Waals surface area contributed by atoms with Gasteiger partial charge in [-0.05, 0) is 46.3 Å². The molecule has 1 saturated carbocycles. The summed E-state index contributed by atoms with van der Waals surface area (Å²) in [5, 5.41) is 3.40. The highest BCUT2D eigenvalue weighted by Gasteiger charge is 2.36. The molecule has 0 bridgehead atoms. The fourth-order valence-electron chi connectivity index (χ4n) is 1.32. The van der Waals surface area contributed by atoms with Crippen LogP contribution >= 0.6 is 15.9 Å². The van der Waals surface area contributed by atoms with E-state index in [0.717, 1.165) is 23.5 Å². The van der Waals surface area contributed by atoms with Crippen molar-refractivity contribution in [2.45, 2.75) is 26.3 Å². The summed E-state index contributed by atoms with van der Waals surface area (Å²) in [7, 11) is 0. The molecule has 13 heavy (non-hydrogen) atoms. The van der Waals surface area contributed by atoms with Gasteiger partial charge in [0.15, 0.2) is 4.67 Å². The Balaban J connectivity index is 1.73. The van der Waals surface area contributed by atoms with Crippen LogP contribution in [0.1, 0.15) is 25.5 Å². The van der Waals surface area contributed by atoms with Crippen molar-refractivity contribution in [3.05, 3.63) is 22.6 Å². The lowest BCUT2D eigenvalue weighted by Crippen LogP contribution is -2.21. The maximum Gasteiger partial charge on any atom is 0.169 e. The van der Waals surface area contributed by atoms with Crippen molar-refractivity contribution in [3.8, 4) is 0 Å². The standard InChI is InChI=1S/C10H14BrNO/c1-10(4-5-10)7-12-6-8-2-3-9(11)13-8/h2-3,12H,4-7H2,1H3. The van der Waals surface area contributed by atoms with E-state index in [-0.39, 0.29) is 0 Å². The Hall–Kier alpha value is -0.280. The van der Waals surface area contributed by atoms with Crippen molar-refractivity contribution in [3.63, 3.8) is 0 Å². The van der Waals surface area contributed by atoms with E-state index in [9.17, 15) is 0 Å². The van der Waals surface area contributed by atoms with Crippen LogP contribution in [0, 0.1) is 5.41 Å². The van der Waals surface area contributed by atoms with Gasteiger partial charge in [0.1, 0.15) is 5.76 Å². The molecule has 0 spiro atoms. The molecule has 1 aliphatic rings. The molecule has 0 radical (unpaired) electrons. The van der Waals surface area contributed by atoms with Gasteiger partial charge in [0.25, 0.3) is 0 Å². The fourth-order valence-corrected chi connectivity index (χ4v) is 1.66. The predicted molar refractivity (Wildman–Crippen MR) is 55.5 cm³/mol. The number of nitrogens with one attached hydrogen (secondary N) is 1. The largest absolute Gasteiger partial charge is 0.453 e. The van der Waals surface area contributed by atoms with Gasteiger partial charge in [-0.1, -0.05) is 6.92 Å². The van der Waals surface area contributed by atoms with Gasteiger partial charge in [-0.3, -0.25) is 0 Å². The molecule has 72 valence electrons. The lowest BCUT2D eigenvalue weighted by atomic mass is 10.1. The van der Waals surface area contributed by atoms with E-state index in [1.807, 2.05) is 12.1 Å². The van der Waals surface area contributed by atoms with E-state index >= 15 is 0 Å². The normalized spacial score (nSPS) is 18.9. The number of furan rings is 1. The van der Waals surface area contributed by atoms with Gasteiger partial charge in [0, 0.05) is 6.54 Å². The number of halogens is 1. The van der Waals surface area contributed by atoms with Crippen LogP contribution in [0.5, 0.6) is 0 Å². The summed E-state index contributed by atoms with van der Waals surface area (Å²) in [6.45, 7) is 4.25. The zero-order chi connectivity index (χ0) is 9.31. The average molecular weight is 244 g/mol. The minimum atomic E-state index is 0.573. The van der Waals surface area contributed by atoms with Gasteiger partial charge in [-0.15, -0.1) is 0 Å². The monoisotopic (exact) mass is 243 g/mol. The van der Waals surface area contributed by atoms with Gasteiger partial charge in [-0.2, -0.15) is 0 Å². The van der Waals surface area contributed by atoms with Gasteiger partial charge >= 0.3 is 0 Å². The lowest BCUT2D eigenvalue weighted by molar-refractivity contribution is 0.436. The summed E-state index contributed by atoms with van der Waals surface area (Å²) >= 11 is 3.28. The Morgan fingerprint density at radius 1 is 1.54 bits per heavy atom. The molecule has 3 heteroatoms. The van der Waals surface area contributed by atoms with Crippen molar-refractivity contribution in [1.82, 2.24) is 5.32 Å². The molecule has 1 aromatic rings. The molecular formula is C10H14BrNO. The Bertz CT molecular complexity index is 291. The average Bonchev–Trinajstić information content (AvgIpc) is 2.65. The quantitative estimate of drug-likeness (QED) is 0.880. The third-order valence-corrected chi connectivity index (χ3v) is 3.01. The Labute approximate surface area is 86.8 Å². The predicted octanol–water partition coefficient (Wildman–Crippen LogP) is 2.93. The minimum absolute atomic E-state index is 0.573. The van der Waals surface area contributed by atoms with Gasteiger partial charge in [0.2, 0.25) is 0 Å². The summed E-state index contributed by atoms with van der Waals surface area (Å²) in [5.74, 6) is 0.996. The lowest BCUT2D eigenvalue weighted by Gasteiger charge is -2.07. The Morgan fingerprint density at radius 3 is 2.85 bits per heavy atom. The third kappa shape index (κ3) is 2.58. The first kappa shape index (κ1) is 9.28. The van der Waals surface area contributed by atoms with Crippen LogP contribution in [0.3, 0.4) is 0 Å². The van der Waals surface area contributed by atoms with E-state index in [1.165, 1.54) is 12.8 Å². The summed E-state index contributed by atoms with van der Waals surface area (Å²) < 4.78 is 6.18. The molecule has 0 atom stereocenters. The van der Waals surface area contributed by atoms with E-state index < -0.39 is 0 Å². The molecule has 1 fully saturated rings. The first-order valence-electron chi connectivity index (χ1n) is 4.63. The summed E-state index contributed by atoms with van der Waals surface area (Å²) in [4.78, 5) is 0. The molecule has 0 aromatic carbocycles. The molecule has 0 saturated heterocycles. The van der Waals surface area contributed by atoms with E-state index in [2.05, 4.69) is 28.2 Å². The molecule has 0 unspecified atom stereocenters. The zero-order valence-corrected chi connectivity index (χ0v) is 9.36. The fraction of sp³-hybridized carbons (Fsp3) is 0.600. The van der Waals surface area contributed by atoms with Gasteiger partial charge < -0.3 is 9.73 Å². The molecule has 2 nitrogen and oxygen atoms in total. The highest BCUT2D eigenvalue weighted by atomic mass is 79.9. The molecule has 1 N–H and O–H groups in total. The van der Waals surface area contributed by atoms with Crippen molar-refractivity contribution in [2.24, 2.45) is 5.41 Å². The second kappa shape index (κ2) is 3.46. The topological polar surface area (TPSA) is 25.2 Å². The zero-order valence-electron chi connectivity index (χ0n) is 7.77. The highest BCUT2D eigenvalue weighted by molar-refractivity contribution is 9.10. The number of hydrogen-bond donors (Lipinski definition) is 1. The Kier molecular flexibility index (Phi) is 2.47. The molecule has 0 amide bonds. The molecule has 0 aliphatic heterocycles. The van der Waals surface area contributed by atoms with Crippen LogP contribution in [-0.2, 0) is 6.54 Å². The molecule has 1 aromatic heterocycles. The molecular weight excluding hydrogens is 230 g/mol. The maximum absolute atomic E-state index is 5.37. The Morgan fingerprint density at radius 2 is 2.31 bits per heavy atom. The summed E-state index contributed by atoms with van der Waals surface area (Å²) in [6.07, 6.45) is 2.73. The first-order chi connectivity index (χ1) is 6.18. The van der Waals surface area contributed by atoms with Crippen LogP contribution in [0.4, 0.5) is 0 Å². The van der Waals surface area contributed by atoms with Crippen LogP contribution in [-0.4, -0.2) is 6.54 Å². The smallest absolute Gasteiger partial charge is 0.169 e. The first-order valence-corrected chi connectivity index (χ1v) is 5.42. The highest BCUT2D eigenvalue weighted by Crippen LogP contribution is 2.44. The minimum Gasteiger partial charge on any atom is -0.453 e. The van der Waals surface area contributed by atoms with Crippen molar-refractivity contribution in [2.75, 3.05) is 6.54 Å². The van der Waals surface area contributed by atoms with Crippen molar-refractivity contribution in [1.29, 1.82) is 0 Å². The maximum atomic E-state index is 5.37. The van der Waals surface area contributed by atoms with Crippen molar-refractivity contribution < 1.29 is 4.42 Å². The van der Waals surface area contributed by atoms with Gasteiger partial charge in [0.05, 0.1) is 6.54 Å². The van der Waals surface area contributed by atoms with E-state index in [0.29, 0.717) is 5.41 Å². The van der Waals surface area contributed by atoms with Gasteiger partial charge in [-0.25, -0.2) is 0 Å². The molecule has 2 rings (SSSR count). The summed E-state index contributed by atoms with van der Waals surface area (Å²) in [6, 6.07) is 3.92. The number of rotatable bonds is 4. The molecule has 1 aliphatic carbocycles. The van der Waals surface area contributed by atoms with E-state index in [4.69, 9.17) is 4.42 Å². The SMILES string of the molecule is CC1(CNCc2ccc(Br)o2)CC1. The molecule has 1 heterocycles. The third-order valence-electron chi connectivity index (χ3n) is 2.58. The van der Waals surface area contributed by atoms with Crippen LogP contribution in [0.2, 0.25) is 0 Å². The summed E-state index contributed by atoms with van der Waals surface area (Å²) in [5.41, 5.74) is 0.573. The second-order valence-corrected chi connectivity index (χ2v) is 4.90. The number of hydrogen-bond acceptors (Lipinski definition) is 2. The second-order valence-electron chi connectivity index (χ2n) is 4.12. The van der Waals surface area contributed by atoms with E-state index in [1.54, 1.807) is 0 Å².